The van der Waals surface area contributed by atoms with E-state index in [0.717, 1.165) is 60.9 Å². The number of morpholine rings is 1. The molecule has 0 amide bonds. The largest absolute Gasteiger partial charge is 0.425 e. The van der Waals surface area contributed by atoms with Crippen molar-refractivity contribution in [3.8, 4) is 11.4 Å². The highest BCUT2D eigenvalue weighted by atomic mass is 16.5. The van der Waals surface area contributed by atoms with E-state index in [1.54, 1.807) is 0 Å². The Hall–Kier alpha value is -3.11. The maximum absolute atomic E-state index is 6.05. The van der Waals surface area contributed by atoms with Crippen LogP contribution in [-0.2, 0) is 9.47 Å². The summed E-state index contributed by atoms with van der Waals surface area (Å²) in [6, 6.07) is 4.25. The van der Waals surface area contributed by atoms with Gasteiger partial charge in [-0.05, 0) is 43.9 Å². The summed E-state index contributed by atoms with van der Waals surface area (Å²) in [5.41, 5.74) is 3.56. The highest BCUT2D eigenvalue weighted by Gasteiger charge is 2.40. The maximum atomic E-state index is 6.05. The average Bonchev–Trinajstić information content (AvgIpc) is 3.54. The van der Waals surface area contributed by atoms with E-state index in [-0.39, 0.29) is 24.1 Å². The predicted octanol–water partition coefficient (Wildman–Crippen LogP) is 3.87. The van der Waals surface area contributed by atoms with Gasteiger partial charge in [-0.1, -0.05) is 6.92 Å². The Morgan fingerprint density at radius 1 is 1.06 bits per heavy atom. The highest BCUT2D eigenvalue weighted by molar-refractivity contribution is 5.93. The van der Waals surface area contributed by atoms with Gasteiger partial charge in [-0.3, -0.25) is 4.98 Å². The van der Waals surface area contributed by atoms with E-state index in [1.165, 1.54) is 0 Å². The summed E-state index contributed by atoms with van der Waals surface area (Å²) in [5.74, 6) is 2.08. The molecule has 3 unspecified atom stereocenters. The Labute approximate surface area is 204 Å². The standard InChI is InChI=1S/C25H31N7O3/c1-15-14-33-13-11-31(15)24-16(2)21(25-30-29-17(3)35-25)18-7-9-26-23(22(18)28-24)19-8-10-27-32(19)20-6-4-5-12-34-20/h7-10,15-16,20-21H,4-6,11-14H2,1-3H3/t15-,16?,20?,21?/m1/s1. The number of rotatable bonds is 3. The van der Waals surface area contributed by atoms with Gasteiger partial charge in [0.05, 0.1) is 36.6 Å². The van der Waals surface area contributed by atoms with Crippen molar-refractivity contribution in [3.05, 3.63) is 41.9 Å². The van der Waals surface area contributed by atoms with Crippen molar-refractivity contribution in [2.45, 2.75) is 58.2 Å². The third kappa shape index (κ3) is 3.94. The molecular formula is C25H31N7O3. The first kappa shape index (κ1) is 22.4. The molecule has 3 aromatic rings. The summed E-state index contributed by atoms with van der Waals surface area (Å²) >= 11 is 0. The van der Waals surface area contributed by atoms with Gasteiger partial charge in [-0.15, -0.1) is 10.2 Å². The van der Waals surface area contributed by atoms with E-state index in [2.05, 4.69) is 34.0 Å². The average molecular weight is 478 g/mol. The monoisotopic (exact) mass is 477 g/mol. The van der Waals surface area contributed by atoms with Crippen LogP contribution in [0.2, 0.25) is 0 Å². The Morgan fingerprint density at radius 2 is 1.97 bits per heavy atom. The number of fused-ring (bicyclic) bond motifs is 1. The third-order valence-electron chi connectivity index (χ3n) is 7.24. The second-order valence-corrected chi connectivity index (χ2v) is 9.59. The number of hydrogen-bond acceptors (Lipinski definition) is 9. The molecule has 0 aromatic carbocycles. The lowest BCUT2D eigenvalue weighted by Gasteiger charge is -2.41. The van der Waals surface area contributed by atoms with Crippen LogP contribution in [0.4, 0.5) is 5.69 Å². The summed E-state index contributed by atoms with van der Waals surface area (Å²) in [7, 11) is 0. The molecule has 0 bridgehead atoms. The molecule has 35 heavy (non-hydrogen) atoms. The van der Waals surface area contributed by atoms with Crippen LogP contribution in [0, 0.1) is 12.8 Å². The first-order valence-electron chi connectivity index (χ1n) is 12.5. The van der Waals surface area contributed by atoms with E-state index < -0.39 is 0 Å². The molecule has 4 atom stereocenters. The molecule has 10 nitrogen and oxygen atoms in total. The molecule has 0 aliphatic carbocycles. The second kappa shape index (κ2) is 9.16. The predicted molar refractivity (Wildman–Crippen MR) is 128 cm³/mol. The van der Waals surface area contributed by atoms with Crippen LogP contribution in [-0.4, -0.2) is 68.1 Å². The van der Waals surface area contributed by atoms with Crippen molar-refractivity contribution in [1.29, 1.82) is 0 Å². The molecule has 0 saturated carbocycles. The fourth-order valence-electron chi connectivity index (χ4n) is 5.49. The number of pyridine rings is 1. The van der Waals surface area contributed by atoms with E-state index in [0.29, 0.717) is 25.0 Å². The van der Waals surface area contributed by atoms with E-state index in [9.17, 15) is 0 Å². The van der Waals surface area contributed by atoms with Gasteiger partial charge < -0.3 is 18.8 Å². The summed E-state index contributed by atoms with van der Waals surface area (Å²) in [4.78, 5) is 12.4. The van der Waals surface area contributed by atoms with Gasteiger partial charge in [0.1, 0.15) is 11.5 Å². The van der Waals surface area contributed by atoms with Crippen molar-refractivity contribution in [1.82, 2.24) is 29.9 Å². The molecule has 0 radical (unpaired) electrons. The fraction of sp³-hybridized carbons (Fsp3) is 0.560. The minimum Gasteiger partial charge on any atom is -0.425 e. The second-order valence-electron chi connectivity index (χ2n) is 9.59. The van der Waals surface area contributed by atoms with Gasteiger partial charge in [0.25, 0.3) is 0 Å². The smallest absolute Gasteiger partial charge is 0.224 e. The SMILES string of the molecule is Cc1nnc(C2c3ccnc(-c4ccnn4C4CCCCO4)c3N=C(N3CCOC[C@H]3C)C2C)o1. The lowest BCUT2D eigenvalue weighted by atomic mass is 9.82. The number of aromatic nitrogens is 5. The normalized spacial score (nSPS) is 26.9. The van der Waals surface area contributed by atoms with Crippen LogP contribution in [0.5, 0.6) is 0 Å². The lowest BCUT2D eigenvalue weighted by molar-refractivity contribution is -0.0384. The van der Waals surface area contributed by atoms with Crippen molar-refractivity contribution >= 4 is 11.5 Å². The Balaban J connectivity index is 1.51. The summed E-state index contributed by atoms with van der Waals surface area (Å²) in [6.45, 7) is 9.08. The van der Waals surface area contributed by atoms with Crippen molar-refractivity contribution in [2.75, 3.05) is 26.4 Å². The molecule has 6 heterocycles. The van der Waals surface area contributed by atoms with Gasteiger partial charge in [0.15, 0.2) is 6.23 Å². The zero-order chi connectivity index (χ0) is 23.9. The first-order valence-corrected chi connectivity index (χ1v) is 12.5. The molecule has 3 aliphatic heterocycles. The molecule has 2 fully saturated rings. The van der Waals surface area contributed by atoms with E-state index >= 15 is 0 Å². The van der Waals surface area contributed by atoms with Gasteiger partial charge >= 0.3 is 0 Å². The molecular weight excluding hydrogens is 446 g/mol. The van der Waals surface area contributed by atoms with E-state index in [4.69, 9.17) is 23.9 Å². The fourth-order valence-corrected chi connectivity index (χ4v) is 5.49. The van der Waals surface area contributed by atoms with Crippen LogP contribution < -0.4 is 0 Å². The molecule has 3 aromatic heterocycles. The van der Waals surface area contributed by atoms with Gasteiger partial charge in [0, 0.05) is 38.4 Å². The number of amidine groups is 1. The number of ether oxygens (including phenoxy) is 2. The lowest BCUT2D eigenvalue weighted by Crippen LogP contribution is -2.50. The van der Waals surface area contributed by atoms with Crippen LogP contribution in [0.3, 0.4) is 0 Å². The molecule has 10 heteroatoms. The molecule has 3 aliphatic rings. The first-order chi connectivity index (χ1) is 17.1. The van der Waals surface area contributed by atoms with Crippen molar-refractivity contribution in [3.63, 3.8) is 0 Å². The minimum absolute atomic E-state index is 0.0461. The van der Waals surface area contributed by atoms with Crippen LogP contribution in [0.1, 0.15) is 62.6 Å². The number of aliphatic imine (C=N–C) groups is 1. The maximum Gasteiger partial charge on any atom is 0.224 e. The zero-order valence-electron chi connectivity index (χ0n) is 20.4. The zero-order valence-corrected chi connectivity index (χ0v) is 20.4. The minimum atomic E-state index is -0.127. The van der Waals surface area contributed by atoms with Crippen molar-refractivity contribution in [2.24, 2.45) is 10.9 Å². The number of hydrogen-bond donors (Lipinski definition) is 0. The summed E-state index contributed by atoms with van der Waals surface area (Å²) < 4.78 is 19.7. The molecule has 0 N–H and O–H groups in total. The summed E-state index contributed by atoms with van der Waals surface area (Å²) in [5, 5.41) is 13.2. The van der Waals surface area contributed by atoms with Gasteiger partial charge in [0.2, 0.25) is 11.8 Å². The van der Waals surface area contributed by atoms with Crippen LogP contribution >= 0.6 is 0 Å². The topological polar surface area (TPSA) is 104 Å². The molecule has 2 saturated heterocycles. The third-order valence-corrected chi connectivity index (χ3v) is 7.24. The van der Waals surface area contributed by atoms with Gasteiger partial charge in [-0.25, -0.2) is 9.67 Å². The van der Waals surface area contributed by atoms with Gasteiger partial charge in [-0.2, -0.15) is 5.10 Å². The van der Waals surface area contributed by atoms with Crippen molar-refractivity contribution < 1.29 is 13.9 Å². The Kier molecular flexibility index (Phi) is 5.85. The Morgan fingerprint density at radius 3 is 2.74 bits per heavy atom. The molecule has 0 spiro atoms. The highest BCUT2D eigenvalue weighted by Crippen LogP contribution is 2.46. The summed E-state index contributed by atoms with van der Waals surface area (Å²) in [6.07, 6.45) is 6.70. The number of aryl methyl sites for hydroxylation is 1. The van der Waals surface area contributed by atoms with Crippen LogP contribution in [0.15, 0.2) is 33.9 Å². The van der Waals surface area contributed by atoms with Crippen LogP contribution in [0.25, 0.3) is 11.4 Å². The number of nitrogens with zero attached hydrogens (tertiary/aromatic N) is 7. The van der Waals surface area contributed by atoms with E-state index in [1.807, 2.05) is 36.1 Å². The molecule has 6 rings (SSSR count). The quantitative estimate of drug-likeness (QED) is 0.560. The Bertz CT molecular complexity index is 1230. The molecule has 184 valence electrons.